The quantitative estimate of drug-likeness (QED) is 0.680. The van der Waals surface area contributed by atoms with Crippen molar-refractivity contribution in [1.82, 2.24) is 10.2 Å². The van der Waals surface area contributed by atoms with E-state index in [4.69, 9.17) is 5.73 Å². The highest BCUT2D eigenvalue weighted by atomic mass is 127. The Kier molecular flexibility index (Phi) is 1.70. The molecular formula is C4H4IN3O. The summed E-state index contributed by atoms with van der Waals surface area (Å²) in [5.41, 5.74) is 5.26. The molecule has 0 aromatic carbocycles. The Labute approximate surface area is 65.0 Å². The zero-order valence-corrected chi connectivity index (χ0v) is 6.55. The number of aromatic nitrogens is 2. The molecule has 0 atom stereocenters. The number of hydrogen-bond donors (Lipinski definition) is 2. The van der Waals surface area contributed by atoms with Gasteiger partial charge in [0.2, 0.25) is 0 Å². The normalized spacial score (nSPS) is 9.44. The highest BCUT2D eigenvalue weighted by Crippen LogP contribution is 2.00. The molecule has 3 N–H and O–H groups in total. The maximum Gasteiger partial charge on any atom is 0.266 e. The minimum absolute atomic E-state index is 0.347. The lowest BCUT2D eigenvalue weighted by molar-refractivity contribution is 0.0995. The number of primary amides is 1. The summed E-state index contributed by atoms with van der Waals surface area (Å²) in [4.78, 5) is 10.4. The van der Waals surface area contributed by atoms with E-state index in [1.54, 1.807) is 6.07 Å². The summed E-state index contributed by atoms with van der Waals surface area (Å²) in [6.45, 7) is 0. The molecule has 0 aliphatic heterocycles. The Morgan fingerprint density at radius 1 is 1.89 bits per heavy atom. The third kappa shape index (κ3) is 1.41. The van der Waals surface area contributed by atoms with Gasteiger partial charge in [0.1, 0.15) is 9.39 Å². The fraction of sp³-hybridized carbons (Fsp3) is 0. The number of aromatic amines is 1. The van der Waals surface area contributed by atoms with Crippen LogP contribution in [0.3, 0.4) is 0 Å². The lowest BCUT2D eigenvalue weighted by atomic mass is 10.4. The highest BCUT2D eigenvalue weighted by molar-refractivity contribution is 14.1. The summed E-state index contributed by atoms with van der Waals surface area (Å²) in [6.07, 6.45) is 0. The summed E-state index contributed by atoms with van der Waals surface area (Å²) in [7, 11) is 0. The van der Waals surface area contributed by atoms with Crippen molar-refractivity contribution in [3.63, 3.8) is 0 Å². The van der Waals surface area contributed by atoms with Crippen LogP contribution in [-0.4, -0.2) is 16.1 Å². The molecule has 0 spiro atoms. The van der Waals surface area contributed by atoms with Gasteiger partial charge in [-0.05, 0) is 22.6 Å². The Bertz CT molecular complexity index is 231. The summed E-state index contributed by atoms with van der Waals surface area (Å²) in [5.74, 6) is -0.481. The van der Waals surface area contributed by atoms with Crippen LogP contribution >= 0.6 is 22.6 Å². The van der Waals surface area contributed by atoms with Crippen molar-refractivity contribution in [2.75, 3.05) is 0 Å². The van der Waals surface area contributed by atoms with Gasteiger partial charge in [0.05, 0.1) is 0 Å². The van der Waals surface area contributed by atoms with Crippen molar-refractivity contribution in [3.05, 3.63) is 15.5 Å². The van der Waals surface area contributed by atoms with Crippen LogP contribution in [0.1, 0.15) is 10.5 Å². The van der Waals surface area contributed by atoms with Crippen molar-refractivity contribution >= 4 is 28.5 Å². The minimum atomic E-state index is -0.481. The van der Waals surface area contributed by atoms with Gasteiger partial charge >= 0.3 is 0 Å². The molecule has 9 heavy (non-hydrogen) atoms. The molecule has 48 valence electrons. The van der Waals surface area contributed by atoms with Gasteiger partial charge in [-0.15, -0.1) is 0 Å². The van der Waals surface area contributed by atoms with Crippen molar-refractivity contribution in [1.29, 1.82) is 0 Å². The van der Waals surface area contributed by atoms with E-state index < -0.39 is 5.91 Å². The van der Waals surface area contributed by atoms with E-state index in [1.165, 1.54) is 0 Å². The SMILES string of the molecule is NC(=O)c1cc(I)n[nH]1. The molecule has 0 unspecified atom stereocenters. The molecular weight excluding hydrogens is 233 g/mol. The van der Waals surface area contributed by atoms with Gasteiger partial charge in [0.25, 0.3) is 5.91 Å². The van der Waals surface area contributed by atoms with Gasteiger partial charge < -0.3 is 5.73 Å². The Morgan fingerprint density at radius 2 is 2.56 bits per heavy atom. The number of nitrogens with two attached hydrogens (primary N) is 1. The van der Waals surface area contributed by atoms with Crippen LogP contribution in [0.5, 0.6) is 0 Å². The fourth-order valence-corrected chi connectivity index (χ4v) is 0.856. The van der Waals surface area contributed by atoms with E-state index in [9.17, 15) is 4.79 Å². The molecule has 0 saturated heterocycles. The molecule has 0 aliphatic rings. The van der Waals surface area contributed by atoms with Crippen LogP contribution < -0.4 is 5.73 Å². The molecule has 5 heteroatoms. The number of amides is 1. The number of rotatable bonds is 1. The van der Waals surface area contributed by atoms with Crippen LogP contribution in [0.2, 0.25) is 0 Å². The summed E-state index contributed by atoms with van der Waals surface area (Å²) < 4.78 is 0.737. The molecule has 0 fully saturated rings. The zero-order valence-electron chi connectivity index (χ0n) is 4.39. The minimum Gasteiger partial charge on any atom is -0.364 e. The van der Waals surface area contributed by atoms with Gasteiger partial charge in [-0.1, -0.05) is 0 Å². The average Bonchev–Trinajstić information content (AvgIpc) is 2.14. The second kappa shape index (κ2) is 2.34. The number of hydrogen-bond acceptors (Lipinski definition) is 2. The monoisotopic (exact) mass is 237 g/mol. The maximum absolute atomic E-state index is 10.4. The molecule has 1 heterocycles. The number of nitrogens with one attached hydrogen (secondary N) is 1. The predicted molar refractivity (Wildman–Crippen MR) is 39.8 cm³/mol. The fourth-order valence-electron chi connectivity index (χ4n) is 0.424. The molecule has 0 bridgehead atoms. The third-order valence-corrected chi connectivity index (χ3v) is 1.36. The van der Waals surface area contributed by atoms with Crippen LogP contribution in [0.4, 0.5) is 0 Å². The van der Waals surface area contributed by atoms with E-state index in [-0.39, 0.29) is 0 Å². The molecule has 1 amide bonds. The van der Waals surface area contributed by atoms with Crippen molar-refractivity contribution in [2.24, 2.45) is 5.73 Å². The smallest absolute Gasteiger partial charge is 0.266 e. The van der Waals surface area contributed by atoms with Crippen molar-refractivity contribution in [3.8, 4) is 0 Å². The first-order chi connectivity index (χ1) is 4.20. The Balaban J connectivity index is 2.98. The average molecular weight is 237 g/mol. The Morgan fingerprint density at radius 3 is 2.78 bits per heavy atom. The number of carbonyl (C=O) groups excluding carboxylic acids is 1. The standard InChI is InChI=1S/C4H4IN3O/c5-3-1-2(4(6)9)7-8-3/h1H,(H2,6,9)(H,7,8). The molecule has 1 aromatic heterocycles. The van der Waals surface area contributed by atoms with E-state index in [0.29, 0.717) is 5.69 Å². The molecule has 0 aliphatic carbocycles. The number of nitrogens with zero attached hydrogens (tertiary/aromatic N) is 1. The topological polar surface area (TPSA) is 71.8 Å². The molecule has 1 aromatic rings. The molecule has 1 rings (SSSR count). The van der Waals surface area contributed by atoms with Gasteiger partial charge in [-0.25, -0.2) is 0 Å². The summed E-state index contributed by atoms with van der Waals surface area (Å²) in [5, 5.41) is 6.17. The first-order valence-electron chi connectivity index (χ1n) is 2.21. The van der Waals surface area contributed by atoms with E-state index in [1.807, 2.05) is 22.6 Å². The molecule has 4 nitrogen and oxygen atoms in total. The molecule has 0 saturated carbocycles. The van der Waals surface area contributed by atoms with Gasteiger partial charge in [0.15, 0.2) is 0 Å². The van der Waals surface area contributed by atoms with Crippen LogP contribution in [0.15, 0.2) is 6.07 Å². The zero-order chi connectivity index (χ0) is 6.85. The lowest BCUT2D eigenvalue weighted by Gasteiger charge is -1.80. The highest BCUT2D eigenvalue weighted by Gasteiger charge is 2.01. The predicted octanol–water partition coefficient (Wildman–Crippen LogP) is 0.113. The van der Waals surface area contributed by atoms with Gasteiger partial charge in [-0.3, -0.25) is 9.89 Å². The van der Waals surface area contributed by atoms with E-state index >= 15 is 0 Å². The largest absolute Gasteiger partial charge is 0.364 e. The van der Waals surface area contributed by atoms with Gasteiger partial charge in [0, 0.05) is 6.07 Å². The van der Waals surface area contributed by atoms with Crippen molar-refractivity contribution in [2.45, 2.75) is 0 Å². The second-order valence-electron chi connectivity index (χ2n) is 1.47. The third-order valence-electron chi connectivity index (χ3n) is 0.812. The first kappa shape index (κ1) is 6.53. The maximum atomic E-state index is 10.4. The van der Waals surface area contributed by atoms with E-state index in [0.717, 1.165) is 3.70 Å². The summed E-state index contributed by atoms with van der Waals surface area (Å²) >= 11 is 1.98. The number of halogens is 1. The van der Waals surface area contributed by atoms with Crippen molar-refractivity contribution < 1.29 is 4.79 Å². The second-order valence-corrected chi connectivity index (χ2v) is 2.57. The Hall–Kier alpha value is -0.590. The van der Waals surface area contributed by atoms with Crippen LogP contribution in [-0.2, 0) is 0 Å². The van der Waals surface area contributed by atoms with E-state index in [2.05, 4.69) is 10.2 Å². The van der Waals surface area contributed by atoms with Crippen LogP contribution in [0, 0.1) is 3.70 Å². The first-order valence-corrected chi connectivity index (χ1v) is 3.29. The molecule has 0 radical (unpaired) electrons. The number of carbonyl (C=O) groups is 1. The number of H-pyrrole nitrogens is 1. The lowest BCUT2D eigenvalue weighted by Crippen LogP contribution is -2.10. The summed E-state index contributed by atoms with van der Waals surface area (Å²) in [6, 6.07) is 1.59. The van der Waals surface area contributed by atoms with Crippen LogP contribution in [0.25, 0.3) is 0 Å². The van der Waals surface area contributed by atoms with Gasteiger partial charge in [-0.2, -0.15) is 5.10 Å².